The lowest BCUT2D eigenvalue weighted by molar-refractivity contribution is -0.387. The van der Waals surface area contributed by atoms with Crippen molar-refractivity contribution >= 4 is 5.69 Å². The Bertz CT molecular complexity index is 442. The van der Waals surface area contributed by atoms with Gasteiger partial charge in [0.25, 0.3) is 0 Å². The van der Waals surface area contributed by atoms with Crippen LogP contribution in [0.1, 0.15) is 13.3 Å². The Morgan fingerprint density at radius 1 is 1.69 bits per heavy atom. The summed E-state index contributed by atoms with van der Waals surface area (Å²) in [5, 5.41) is 18.7. The second-order valence-corrected chi connectivity index (χ2v) is 3.16. The van der Waals surface area contributed by atoms with Crippen LogP contribution in [0.3, 0.4) is 0 Å². The average Bonchev–Trinajstić information content (AvgIpc) is 2.17. The van der Waals surface area contributed by atoms with Gasteiger partial charge in [-0.05, 0) is 13.0 Å². The fraction of sp³-hybridized carbons (Fsp3) is 0.300. The quantitative estimate of drug-likeness (QED) is 0.581. The summed E-state index contributed by atoms with van der Waals surface area (Å²) in [6.07, 6.45) is -0.218. The summed E-state index contributed by atoms with van der Waals surface area (Å²) in [5.41, 5.74) is -0.597. The standard InChI is InChI=1S/C10H9FN2O3/c1-7(4-5-12)16-8-2-3-10(13(14)15)9(11)6-8/h2-3,6-7H,4H2,1H3. The third kappa shape index (κ3) is 2.92. The molecule has 0 saturated carbocycles. The fourth-order valence-corrected chi connectivity index (χ4v) is 1.11. The lowest BCUT2D eigenvalue weighted by Crippen LogP contribution is -2.10. The van der Waals surface area contributed by atoms with Crippen LogP contribution in [-0.2, 0) is 0 Å². The number of nitro groups is 1. The summed E-state index contributed by atoms with van der Waals surface area (Å²) in [6.45, 7) is 1.66. The summed E-state index contributed by atoms with van der Waals surface area (Å²) in [7, 11) is 0. The minimum Gasteiger partial charge on any atom is -0.490 e. The van der Waals surface area contributed by atoms with Crippen molar-refractivity contribution in [3.8, 4) is 11.8 Å². The number of nitriles is 1. The van der Waals surface area contributed by atoms with Gasteiger partial charge in [-0.15, -0.1) is 0 Å². The normalized spacial score (nSPS) is 11.6. The van der Waals surface area contributed by atoms with Crippen LogP contribution in [0.25, 0.3) is 0 Å². The van der Waals surface area contributed by atoms with E-state index in [4.69, 9.17) is 10.00 Å². The third-order valence-electron chi connectivity index (χ3n) is 1.83. The minimum atomic E-state index is -0.952. The molecule has 0 heterocycles. The van der Waals surface area contributed by atoms with Crippen molar-refractivity contribution in [1.82, 2.24) is 0 Å². The average molecular weight is 224 g/mol. The highest BCUT2D eigenvalue weighted by molar-refractivity contribution is 5.38. The Kier molecular flexibility index (Phi) is 3.78. The van der Waals surface area contributed by atoms with E-state index in [1.165, 1.54) is 6.07 Å². The van der Waals surface area contributed by atoms with E-state index in [1.54, 1.807) is 6.92 Å². The van der Waals surface area contributed by atoms with Crippen LogP contribution in [-0.4, -0.2) is 11.0 Å². The molecule has 5 nitrogen and oxygen atoms in total. The van der Waals surface area contributed by atoms with Crippen LogP contribution in [0, 0.1) is 27.3 Å². The second kappa shape index (κ2) is 5.07. The highest BCUT2D eigenvalue weighted by Gasteiger charge is 2.15. The summed E-state index contributed by atoms with van der Waals surface area (Å²) in [5.74, 6) is -0.780. The number of ether oxygens (including phenoxy) is 1. The summed E-state index contributed by atoms with van der Waals surface area (Å²) in [6, 6.07) is 5.17. The van der Waals surface area contributed by atoms with Crippen LogP contribution in [0.15, 0.2) is 18.2 Å². The maximum Gasteiger partial charge on any atom is 0.305 e. The molecule has 0 aliphatic carbocycles. The Morgan fingerprint density at radius 2 is 2.38 bits per heavy atom. The molecule has 0 bridgehead atoms. The van der Waals surface area contributed by atoms with Gasteiger partial charge in [0.15, 0.2) is 0 Å². The number of nitrogens with zero attached hydrogens (tertiary/aromatic N) is 2. The van der Waals surface area contributed by atoms with Gasteiger partial charge in [-0.1, -0.05) is 0 Å². The summed E-state index contributed by atoms with van der Waals surface area (Å²) < 4.78 is 18.3. The maximum absolute atomic E-state index is 13.2. The summed E-state index contributed by atoms with van der Waals surface area (Å²) in [4.78, 5) is 9.53. The zero-order valence-electron chi connectivity index (χ0n) is 8.51. The molecule has 0 fully saturated rings. The molecule has 84 valence electrons. The molecule has 0 aromatic heterocycles. The smallest absolute Gasteiger partial charge is 0.305 e. The monoisotopic (exact) mass is 224 g/mol. The molecule has 0 radical (unpaired) electrons. The Balaban J connectivity index is 2.82. The SMILES string of the molecule is CC(CC#N)Oc1ccc([N+](=O)[O-])c(F)c1. The van der Waals surface area contributed by atoms with Crippen LogP contribution in [0.2, 0.25) is 0 Å². The first-order valence-corrected chi connectivity index (χ1v) is 4.52. The molecule has 0 saturated heterocycles. The first-order chi connectivity index (χ1) is 7.54. The molecule has 0 N–H and O–H groups in total. The molecule has 1 rings (SSSR count). The van der Waals surface area contributed by atoms with Crippen molar-refractivity contribution in [2.24, 2.45) is 0 Å². The Hall–Kier alpha value is -2.16. The van der Waals surface area contributed by atoms with E-state index >= 15 is 0 Å². The summed E-state index contributed by atoms with van der Waals surface area (Å²) >= 11 is 0. The van der Waals surface area contributed by atoms with Gasteiger partial charge in [-0.25, -0.2) is 0 Å². The van der Waals surface area contributed by atoms with E-state index < -0.39 is 16.4 Å². The minimum absolute atomic E-state index is 0.165. The first-order valence-electron chi connectivity index (χ1n) is 4.52. The van der Waals surface area contributed by atoms with Gasteiger partial charge in [-0.2, -0.15) is 9.65 Å². The van der Waals surface area contributed by atoms with Gasteiger partial charge >= 0.3 is 5.69 Å². The third-order valence-corrected chi connectivity index (χ3v) is 1.83. The number of nitro benzene ring substituents is 1. The lowest BCUT2D eigenvalue weighted by atomic mass is 10.2. The van der Waals surface area contributed by atoms with Gasteiger partial charge in [0.05, 0.1) is 17.4 Å². The number of rotatable bonds is 4. The number of halogens is 1. The molecule has 6 heteroatoms. The van der Waals surface area contributed by atoms with Crippen LogP contribution in [0.5, 0.6) is 5.75 Å². The van der Waals surface area contributed by atoms with Crippen molar-refractivity contribution in [3.05, 3.63) is 34.1 Å². The van der Waals surface area contributed by atoms with Gasteiger partial charge < -0.3 is 4.74 Å². The molecule has 1 aromatic rings. The number of benzene rings is 1. The zero-order chi connectivity index (χ0) is 12.1. The highest BCUT2D eigenvalue weighted by atomic mass is 19.1. The molecule has 0 amide bonds. The topological polar surface area (TPSA) is 76.2 Å². The van der Waals surface area contributed by atoms with Crippen molar-refractivity contribution in [1.29, 1.82) is 5.26 Å². The molecule has 0 aliphatic rings. The molecule has 1 atom stereocenters. The molecular formula is C10H9FN2O3. The van der Waals surface area contributed by atoms with E-state index in [9.17, 15) is 14.5 Å². The van der Waals surface area contributed by atoms with Crippen molar-refractivity contribution in [2.45, 2.75) is 19.4 Å². The van der Waals surface area contributed by atoms with Gasteiger partial charge in [0.2, 0.25) is 5.82 Å². The van der Waals surface area contributed by atoms with E-state index in [-0.39, 0.29) is 18.3 Å². The molecule has 1 aromatic carbocycles. The van der Waals surface area contributed by atoms with E-state index in [0.29, 0.717) is 0 Å². The predicted octanol–water partition coefficient (Wildman–Crippen LogP) is 2.41. The molecule has 0 aliphatic heterocycles. The fourth-order valence-electron chi connectivity index (χ4n) is 1.11. The Labute approximate surface area is 91.2 Å². The van der Waals surface area contributed by atoms with Gasteiger partial charge in [-0.3, -0.25) is 10.1 Å². The number of hydrogen-bond acceptors (Lipinski definition) is 4. The highest BCUT2D eigenvalue weighted by Crippen LogP contribution is 2.23. The second-order valence-electron chi connectivity index (χ2n) is 3.16. The molecule has 1 unspecified atom stereocenters. The van der Waals surface area contributed by atoms with Crippen molar-refractivity contribution < 1.29 is 14.1 Å². The van der Waals surface area contributed by atoms with E-state index in [0.717, 1.165) is 12.1 Å². The largest absolute Gasteiger partial charge is 0.490 e. The van der Waals surface area contributed by atoms with Crippen LogP contribution >= 0.6 is 0 Å². The Morgan fingerprint density at radius 3 is 2.88 bits per heavy atom. The molecule has 0 spiro atoms. The lowest BCUT2D eigenvalue weighted by Gasteiger charge is -2.10. The van der Waals surface area contributed by atoms with E-state index in [2.05, 4.69) is 0 Å². The van der Waals surface area contributed by atoms with Crippen molar-refractivity contribution in [2.75, 3.05) is 0 Å². The van der Waals surface area contributed by atoms with Crippen molar-refractivity contribution in [3.63, 3.8) is 0 Å². The predicted molar refractivity (Wildman–Crippen MR) is 53.4 cm³/mol. The van der Waals surface area contributed by atoms with E-state index in [1.807, 2.05) is 6.07 Å². The van der Waals surface area contributed by atoms with Gasteiger partial charge in [0, 0.05) is 12.1 Å². The maximum atomic E-state index is 13.2. The molecule has 16 heavy (non-hydrogen) atoms. The number of hydrogen-bond donors (Lipinski definition) is 0. The zero-order valence-corrected chi connectivity index (χ0v) is 8.51. The van der Waals surface area contributed by atoms with Crippen LogP contribution < -0.4 is 4.74 Å². The van der Waals surface area contributed by atoms with Gasteiger partial charge in [0.1, 0.15) is 11.9 Å². The first kappa shape index (κ1) is 11.9. The van der Waals surface area contributed by atoms with Crippen LogP contribution in [0.4, 0.5) is 10.1 Å². The molecular weight excluding hydrogens is 215 g/mol.